The average molecular weight is 249 g/mol. The van der Waals surface area contributed by atoms with Crippen LogP contribution >= 0.6 is 11.6 Å². The van der Waals surface area contributed by atoms with Gasteiger partial charge in [0.15, 0.2) is 11.6 Å². The van der Waals surface area contributed by atoms with Crippen LogP contribution in [0.5, 0.6) is 0 Å². The molecular weight excluding hydrogens is 234 g/mol. The standard InChI is InChI=1S/C12H15ClF2O/c1-12(2,3)6-11(16)7-4-9(14)10(15)5-8(7)13/h4-5,11,16H,6H2,1-3H3. The first kappa shape index (κ1) is 13.4. The van der Waals surface area contributed by atoms with E-state index in [1.807, 2.05) is 20.8 Å². The maximum atomic E-state index is 13.0. The van der Waals surface area contributed by atoms with Crippen molar-refractivity contribution in [2.45, 2.75) is 33.3 Å². The zero-order chi connectivity index (χ0) is 12.5. The third-order valence-corrected chi connectivity index (χ3v) is 2.53. The first-order valence-electron chi connectivity index (χ1n) is 5.03. The number of aliphatic hydroxyl groups excluding tert-OH is 1. The molecule has 0 aromatic heterocycles. The highest BCUT2D eigenvalue weighted by Gasteiger charge is 2.21. The fourth-order valence-corrected chi connectivity index (χ4v) is 1.76. The lowest BCUT2D eigenvalue weighted by molar-refractivity contribution is 0.122. The van der Waals surface area contributed by atoms with Crippen LogP contribution in [-0.2, 0) is 0 Å². The molecule has 0 aliphatic heterocycles. The van der Waals surface area contributed by atoms with E-state index < -0.39 is 17.7 Å². The van der Waals surface area contributed by atoms with E-state index in [4.69, 9.17) is 11.6 Å². The Kier molecular flexibility index (Phi) is 3.92. The van der Waals surface area contributed by atoms with Crippen molar-refractivity contribution in [1.29, 1.82) is 0 Å². The lowest BCUT2D eigenvalue weighted by Gasteiger charge is -2.23. The molecule has 90 valence electrons. The first-order valence-corrected chi connectivity index (χ1v) is 5.41. The molecule has 0 bridgehead atoms. The zero-order valence-corrected chi connectivity index (χ0v) is 10.3. The van der Waals surface area contributed by atoms with E-state index in [1.54, 1.807) is 0 Å². The summed E-state index contributed by atoms with van der Waals surface area (Å²) in [4.78, 5) is 0. The van der Waals surface area contributed by atoms with Gasteiger partial charge < -0.3 is 5.11 Å². The molecule has 1 aromatic carbocycles. The van der Waals surface area contributed by atoms with Gasteiger partial charge in [0, 0.05) is 10.6 Å². The highest BCUT2D eigenvalue weighted by molar-refractivity contribution is 6.31. The van der Waals surface area contributed by atoms with Gasteiger partial charge in [-0.25, -0.2) is 8.78 Å². The normalized spacial score (nSPS) is 13.9. The van der Waals surface area contributed by atoms with Crippen molar-refractivity contribution in [2.24, 2.45) is 5.41 Å². The van der Waals surface area contributed by atoms with E-state index in [-0.39, 0.29) is 16.0 Å². The topological polar surface area (TPSA) is 20.2 Å². The fraction of sp³-hybridized carbons (Fsp3) is 0.500. The Morgan fingerprint density at radius 3 is 2.25 bits per heavy atom. The molecule has 4 heteroatoms. The number of benzene rings is 1. The second kappa shape index (κ2) is 4.68. The van der Waals surface area contributed by atoms with Crippen molar-refractivity contribution >= 4 is 11.6 Å². The van der Waals surface area contributed by atoms with Gasteiger partial charge in [-0.05, 0) is 24.0 Å². The highest BCUT2D eigenvalue weighted by Crippen LogP contribution is 2.33. The molecule has 0 amide bonds. The van der Waals surface area contributed by atoms with E-state index in [0.29, 0.717) is 6.42 Å². The highest BCUT2D eigenvalue weighted by atomic mass is 35.5. The van der Waals surface area contributed by atoms with E-state index >= 15 is 0 Å². The molecule has 0 aliphatic carbocycles. The Labute approximate surface area is 99.0 Å². The maximum Gasteiger partial charge on any atom is 0.160 e. The van der Waals surface area contributed by atoms with Crippen molar-refractivity contribution in [2.75, 3.05) is 0 Å². The Morgan fingerprint density at radius 1 is 1.25 bits per heavy atom. The van der Waals surface area contributed by atoms with Gasteiger partial charge in [-0.2, -0.15) is 0 Å². The van der Waals surface area contributed by atoms with E-state index in [0.717, 1.165) is 12.1 Å². The molecule has 1 nitrogen and oxygen atoms in total. The van der Waals surface area contributed by atoms with Gasteiger partial charge in [0.25, 0.3) is 0 Å². The van der Waals surface area contributed by atoms with Crippen molar-refractivity contribution < 1.29 is 13.9 Å². The van der Waals surface area contributed by atoms with Gasteiger partial charge in [0.1, 0.15) is 0 Å². The van der Waals surface area contributed by atoms with Gasteiger partial charge >= 0.3 is 0 Å². The molecule has 0 aliphatic rings. The summed E-state index contributed by atoms with van der Waals surface area (Å²) in [5.74, 6) is -2.00. The summed E-state index contributed by atoms with van der Waals surface area (Å²) >= 11 is 5.76. The molecule has 0 saturated carbocycles. The van der Waals surface area contributed by atoms with Crippen molar-refractivity contribution in [3.05, 3.63) is 34.4 Å². The van der Waals surface area contributed by atoms with Gasteiger partial charge in [-0.3, -0.25) is 0 Å². The Morgan fingerprint density at radius 2 is 1.75 bits per heavy atom. The Bertz CT molecular complexity index is 385. The Balaban J connectivity index is 3.00. The van der Waals surface area contributed by atoms with Crippen molar-refractivity contribution in [3.8, 4) is 0 Å². The average Bonchev–Trinajstić information content (AvgIpc) is 2.08. The van der Waals surface area contributed by atoms with Crippen LogP contribution in [0.25, 0.3) is 0 Å². The first-order chi connectivity index (χ1) is 7.20. The summed E-state index contributed by atoms with van der Waals surface area (Å²) in [6, 6.07) is 1.84. The number of hydrogen-bond donors (Lipinski definition) is 1. The van der Waals surface area contributed by atoms with E-state index in [9.17, 15) is 13.9 Å². The number of halogens is 3. The van der Waals surface area contributed by atoms with Crippen molar-refractivity contribution in [1.82, 2.24) is 0 Å². The van der Waals surface area contributed by atoms with Crippen LogP contribution in [0.15, 0.2) is 12.1 Å². The number of rotatable bonds is 2. The van der Waals surface area contributed by atoms with Crippen LogP contribution in [0.1, 0.15) is 38.9 Å². The molecule has 1 unspecified atom stereocenters. The second-order valence-electron chi connectivity index (χ2n) is 5.07. The molecule has 0 fully saturated rings. The van der Waals surface area contributed by atoms with Gasteiger partial charge in [0.2, 0.25) is 0 Å². The second-order valence-corrected chi connectivity index (χ2v) is 5.48. The molecule has 0 heterocycles. The molecule has 1 N–H and O–H groups in total. The Hall–Kier alpha value is -0.670. The fourth-order valence-electron chi connectivity index (χ4n) is 1.48. The SMILES string of the molecule is CC(C)(C)CC(O)c1cc(F)c(F)cc1Cl. The molecule has 16 heavy (non-hydrogen) atoms. The molecular formula is C12H15ClF2O. The predicted octanol–water partition coefficient (Wildman–Crippen LogP) is 4.09. The van der Waals surface area contributed by atoms with Crippen LogP contribution in [0, 0.1) is 17.0 Å². The van der Waals surface area contributed by atoms with Gasteiger partial charge in [0.05, 0.1) is 6.10 Å². The van der Waals surface area contributed by atoms with Crippen LogP contribution in [0.2, 0.25) is 5.02 Å². The summed E-state index contributed by atoms with van der Waals surface area (Å²) in [5, 5.41) is 9.93. The van der Waals surface area contributed by atoms with Gasteiger partial charge in [-0.1, -0.05) is 32.4 Å². The summed E-state index contributed by atoms with van der Waals surface area (Å²) < 4.78 is 25.8. The van der Waals surface area contributed by atoms with Crippen LogP contribution in [0.3, 0.4) is 0 Å². The minimum atomic E-state index is -1.00. The van der Waals surface area contributed by atoms with Crippen molar-refractivity contribution in [3.63, 3.8) is 0 Å². The lowest BCUT2D eigenvalue weighted by atomic mass is 9.87. The summed E-state index contributed by atoms with van der Waals surface area (Å²) in [5.41, 5.74) is 0.114. The molecule has 1 rings (SSSR count). The maximum absolute atomic E-state index is 13.0. The molecule has 1 aromatic rings. The minimum Gasteiger partial charge on any atom is -0.388 e. The third-order valence-electron chi connectivity index (χ3n) is 2.20. The predicted molar refractivity (Wildman–Crippen MR) is 60.4 cm³/mol. The molecule has 1 atom stereocenters. The van der Waals surface area contributed by atoms with Gasteiger partial charge in [-0.15, -0.1) is 0 Å². The smallest absolute Gasteiger partial charge is 0.160 e. The van der Waals surface area contributed by atoms with Crippen LogP contribution in [-0.4, -0.2) is 5.11 Å². The lowest BCUT2D eigenvalue weighted by Crippen LogP contribution is -2.12. The molecule has 0 spiro atoms. The minimum absolute atomic E-state index is 0.0515. The van der Waals surface area contributed by atoms with E-state index in [1.165, 1.54) is 0 Å². The van der Waals surface area contributed by atoms with Crippen LogP contribution < -0.4 is 0 Å². The molecule has 0 radical (unpaired) electrons. The number of aliphatic hydroxyl groups is 1. The summed E-state index contributed by atoms with van der Waals surface area (Å²) in [7, 11) is 0. The molecule has 0 saturated heterocycles. The summed E-state index contributed by atoms with van der Waals surface area (Å²) in [6.45, 7) is 5.85. The monoisotopic (exact) mass is 248 g/mol. The zero-order valence-electron chi connectivity index (χ0n) is 9.52. The number of hydrogen-bond acceptors (Lipinski definition) is 1. The largest absolute Gasteiger partial charge is 0.388 e. The summed E-state index contributed by atoms with van der Waals surface area (Å²) in [6.07, 6.45) is -0.458. The van der Waals surface area contributed by atoms with Crippen LogP contribution in [0.4, 0.5) is 8.78 Å². The van der Waals surface area contributed by atoms with E-state index in [2.05, 4.69) is 0 Å². The third kappa shape index (κ3) is 3.42. The quantitative estimate of drug-likeness (QED) is 0.782.